The highest BCUT2D eigenvalue weighted by Crippen LogP contribution is 2.25. The molecule has 2 aromatic carbocycles. The molecule has 31 heavy (non-hydrogen) atoms. The molecule has 0 bridgehead atoms. The van der Waals surface area contributed by atoms with E-state index in [-0.39, 0.29) is 18.1 Å². The van der Waals surface area contributed by atoms with E-state index in [1.54, 1.807) is 10.9 Å². The number of nitrogens with zero attached hydrogens (tertiary/aromatic N) is 2. The lowest BCUT2D eigenvalue weighted by molar-refractivity contribution is -0.137. The van der Waals surface area contributed by atoms with E-state index in [0.29, 0.717) is 18.9 Å². The zero-order chi connectivity index (χ0) is 22.4. The van der Waals surface area contributed by atoms with E-state index in [0.717, 1.165) is 22.0 Å². The van der Waals surface area contributed by atoms with Gasteiger partial charge in [-0.2, -0.15) is 5.10 Å². The van der Waals surface area contributed by atoms with E-state index < -0.39 is 15.8 Å². The summed E-state index contributed by atoms with van der Waals surface area (Å²) in [6.07, 6.45) is 6.72. The Hall–Kier alpha value is -3.13. The van der Waals surface area contributed by atoms with Crippen LogP contribution in [-0.4, -0.2) is 41.3 Å². The minimum atomic E-state index is -3.05. The molecular formula is C23H26N2O5S. The van der Waals surface area contributed by atoms with Crippen LogP contribution in [0.2, 0.25) is 0 Å². The van der Waals surface area contributed by atoms with Crippen LogP contribution in [0.1, 0.15) is 30.4 Å². The maximum absolute atomic E-state index is 11.4. The second kappa shape index (κ2) is 9.78. The summed E-state index contributed by atoms with van der Waals surface area (Å²) in [5, 5.41) is 14.3. The molecule has 1 aromatic heterocycles. The molecule has 1 atom stereocenters. The zero-order valence-electron chi connectivity index (χ0n) is 17.6. The average molecular weight is 443 g/mol. The number of rotatable bonds is 10. The number of allylic oxidation sites excluding steroid dienone is 2. The topological polar surface area (TPSA) is 98.5 Å². The maximum atomic E-state index is 11.4. The minimum absolute atomic E-state index is 0.0441. The molecule has 1 N–H and O–H groups in total. The van der Waals surface area contributed by atoms with Crippen LogP contribution in [0.5, 0.6) is 5.75 Å². The smallest absolute Gasteiger partial charge is 0.304 e. The van der Waals surface area contributed by atoms with Gasteiger partial charge in [0, 0.05) is 17.6 Å². The molecular weight excluding hydrogens is 416 g/mol. The standard InChI is InChI=1S/C23H26N2O5S/c1-3-4-19(14-23(26)27)18-6-8-21(9-7-18)30-16-17-5-10-22-20(13-17)15-24-25(22)11-12-31(2,28)29/h3-10,13,15,19H,11-12,14,16H2,1-2H3,(H,26,27)/t19-/m1/s1. The van der Waals surface area contributed by atoms with Crippen molar-refractivity contribution in [1.82, 2.24) is 9.78 Å². The van der Waals surface area contributed by atoms with Gasteiger partial charge in [-0.05, 0) is 42.3 Å². The third-order valence-corrected chi connectivity index (χ3v) is 5.84. The van der Waals surface area contributed by atoms with Crippen molar-refractivity contribution in [3.63, 3.8) is 0 Å². The van der Waals surface area contributed by atoms with Crippen LogP contribution in [-0.2, 0) is 27.8 Å². The lowest BCUT2D eigenvalue weighted by Gasteiger charge is -2.12. The quantitative estimate of drug-likeness (QED) is 0.480. The summed E-state index contributed by atoms with van der Waals surface area (Å²) >= 11 is 0. The van der Waals surface area contributed by atoms with E-state index in [1.165, 1.54) is 6.26 Å². The minimum Gasteiger partial charge on any atom is -0.489 e. The summed E-state index contributed by atoms with van der Waals surface area (Å²) in [6.45, 7) is 2.57. The van der Waals surface area contributed by atoms with Crippen molar-refractivity contribution in [2.75, 3.05) is 12.0 Å². The Labute approximate surface area is 181 Å². The van der Waals surface area contributed by atoms with Crippen molar-refractivity contribution in [1.29, 1.82) is 0 Å². The maximum Gasteiger partial charge on any atom is 0.304 e. The molecule has 3 aromatic rings. The number of benzene rings is 2. The summed E-state index contributed by atoms with van der Waals surface area (Å²) in [7, 11) is -3.05. The molecule has 8 heteroatoms. The number of carbonyl (C=O) groups is 1. The number of hydrogen-bond donors (Lipinski definition) is 1. The van der Waals surface area contributed by atoms with Crippen LogP contribution in [0.15, 0.2) is 60.8 Å². The largest absolute Gasteiger partial charge is 0.489 e. The molecule has 0 aliphatic rings. The molecule has 0 saturated heterocycles. The van der Waals surface area contributed by atoms with Gasteiger partial charge in [-0.1, -0.05) is 30.4 Å². The third-order valence-electron chi connectivity index (χ3n) is 4.91. The summed E-state index contributed by atoms with van der Waals surface area (Å²) in [6, 6.07) is 13.3. The highest BCUT2D eigenvalue weighted by molar-refractivity contribution is 7.90. The second-order valence-electron chi connectivity index (χ2n) is 7.48. The van der Waals surface area contributed by atoms with Crippen LogP contribution in [0, 0.1) is 0 Å². The number of sulfone groups is 1. The molecule has 164 valence electrons. The Morgan fingerprint density at radius 2 is 1.97 bits per heavy atom. The molecule has 0 unspecified atom stereocenters. The number of ether oxygens (including phenoxy) is 1. The predicted octanol–water partition coefficient (Wildman–Crippen LogP) is 3.79. The highest BCUT2D eigenvalue weighted by Gasteiger charge is 2.12. The van der Waals surface area contributed by atoms with E-state index in [9.17, 15) is 13.2 Å². The lowest BCUT2D eigenvalue weighted by Crippen LogP contribution is -2.11. The Morgan fingerprint density at radius 3 is 2.61 bits per heavy atom. The Bertz CT molecular complexity index is 1180. The number of aliphatic carboxylic acids is 1. The van der Waals surface area contributed by atoms with Crippen molar-refractivity contribution < 1.29 is 23.1 Å². The zero-order valence-corrected chi connectivity index (χ0v) is 18.4. The molecule has 0 spiro atoms. The van der Waals surface area contributed by atoms with Crippen molar-refractivity contribution in [3.05, 3.63) is 71.9 Å². The first-order valence-corrected chi connectivity index (χ1v) is 12.0. The number of aromatic nitrogens is 2. The van der Waals surface area contributed by atoms with Gasteiger partial charge in [0.25, 0.3) is 0 Å². The molecule has 0 fully saturated rings. The van der Waals surface area contributed by atoms with Crippen LogP contribution < -0.4 is 4.74 Å². The molecule has 0 amide bonds. The number of carboxylic acid groups (broad SMARTS) is 1. The fourth-order valence-corrected chi connectivity index (χ4v) is 3.86. The van der Waals surface area contributed by atoms with E-state index in [2.05, 4.69) is 5.10 Å². The highest BCUT2D eigenvalue weighted by atomic mass is 32.2. The van der Waals surface area contributed by atoms with Crippen LogP contribution in [0.25, 0.3) is 10.9 Å². The number of fused-ring (bicyclic) bond motifs is 1. The summed E-state index contributed by atoms with van der Waals surface area (Å²) in [4.78, 5) is 11.1. The number of carboxylic acids is 1. The average Bonchev–Trinajstić information content (AvgIpc) is 3.12. The second-order valence-corrected chi connectivity index (χ2v) is 9.74. The first-order valence-electron chi connectivity index (χ1n) is 9.94. The molecule has 1 heterocycles. The van der Waals surface area contributed by atoms with Gasteiger partial charge in [-0.25, -0.2) is 8.42 Å². The van der Waals surface area contributed by atoms with E-state index in [1.807, 2.05) is 61.5 Å². The van der Waals surface area contributed by atoms with Gasteiger partial charge in [0.1, 0.15) is 22.2 Å². The van der Waals surface area contributed by atoms with Gasteiger partial charge < -0.3 is 9.84 Å². The third kappa shape index (κ3) is 6.42. The van der Waals surface area contributed by atoms with Crippen LogP contribution in [0.3, 0.4) is 0 Å². The molecule has 0 aliphatic carbocycles. The normalized spacial score (nSPS) is 13.0. The molecule has 7 nitrogen and oxygen atoms in total. The van der Waals surface area contributed by atoms with Crippen molar-refractivity contribution >= 4 is 26.7 Å². The van der Waals surface area contributed by atoms with Crippen molar-refractivity contribution in [2.45, 2.75) is 32.4 Å². The molecule has 3 rings (SSSR count). The van der Waals surface area contributed by atoms with Gasteiger partial charge in [0.2, 0.25) is 0 Å². The van der Waals surface area contributed by atoms with Gasteiger partial charge >= 0.3 is 5.97 Å². The van der Waals surface area contributed by atoms with Gasteiger partial charge in [-0.15, -0.1) is 0 Å². The van der Waals surface area contributed by atoms with Crippen molar-refractivity contribution in [2.24, 2.45) is 0 Å². The summed E-state index contributed by atoms with van der Waals surface area (Å²) in [5.41, 5.74) is 2.78. The number of hydrogen-bond acceptors (Lipinski definition) is 5. The summed E-state index contributed by atoms with van der Waals surface area (Å²) in [5.74, 6) is -0.259. The van der Waals surface area contributed by atoms with Gasteiger partial charge in [-0.3, -0.25) is 9.48 Å². The van der Waals surface area contributed by atoms with Crippen LogP contribution in [0.4, 0.5) is 0 Å². The Kier molecular flexibility index (Phi) is 7.12. The molecule has 0 aliphatic heterocycles. The van der Waals surface area contributed by atoms with Crippen LogP contribution >= 0.6 is 0 Å². The van der Waals surface area contributed by atoms with E-state index in [4.69, 9.17) is 9.84 Å². The van der Waals surface area contributed by atoms with Gasteiger partial charge in [0.15, 0.2) is 0 Å². The van der Waals surface area contributed by atoms with Gasteiger partial charge in [0.05, 0.1) is 30.4 Å². The predicted molar refractivity (Wildman–Crippen MR) is 120 cm³/mol. The Balaban J connectivity index is 1.65. The SMILES string of the molecule is CC=C[C@H](CC(=O)O)c1ccc(OCc2ccc3c(cnn3CCS(C)(=O)=O)c2)cc1. The summed E-state index contributed by atoms with van der Waals surface area (Å²) < 4.78 is 30.3. The molecule has 0 saturated carbocycles. The lowest BCUT2D eigenvalue weighted by atomic mass is 9.95. The van der Waals surface area contributed by atoms with E-state index >= 15 is 0 Å². The first-order chi connectivity index (χ1) is 14.7. The molecule has 0 radical (unpaired) electrons. The number of aryl methyl sites for hydroxylation is 1. The fourth-order valence-electron chi connectivity index (χ4n) is 3.35. The Morgan fingerprint density at radius 1 is 1.23 bits per heavy atom. The fraction of sp³-hybridized carbons (Fsp3) is 0.304. The first kappa shape index (κ1) is 22.6. The van der Waals surface area contributed by atoms with Crippen molar-refractivity contribution in [3.8, 4) is 5.75 Å². The monoisotopic (exact) mass is 442 g/mol.